The van der Waals surface area contributed by atoms with Crippen LogP contribution in [0.15, 0.2) is 22.7 Å². The van der Waals surface area contributed by atoms with Crippen molar-refractivity contribution in [3.8, 4) is 0 Å². The molecule has 2 rings (SSSR count). The van der Waals surface area contributed by atoms with Crippen LogP contribution in [0.25, 0.3) is 0 Å². The summed E-state index contributed by atoms with van der Waals surface area (Å²) in [6.07, 6.45) is -4.00. The molecule has 1 aliphatic heterocycles. The van der Waals surface area contributed by atoms with Gasteiger partial charge < -0.3 is 15.1 Å². The molecule has 1 amide bonds. The number of piperazine rings is 1. The van der Waals surface area contributed by atoms with E-state index in [1.54, 1.807) is 22.9 Å². The zero-order chi connectivity index (χ0) is 17.0. The number of carbonyl (C=O) groups is 1. The second kappa shape index (κ2) is 7.53. The SMILES string of the molecule is CNCCC(=O)N1CCN(c2ccc(Br)cc2C(F)(F)F)CC1. The van der Waals surface area contributed by atoms with Gasteiger partial charge in [0.1, 0.15) is 0 Å². The number of rotatable bonds is 4. The third-order valence-electron chi connectivity index (χ3n) is 3.83. The minimum absolute atomic E-state index is 0.0332. The summed E-state index contributed by atoms with van der Waals surface area (Å²) < 4.78 is 40.0. The maximum absolute atomic E-state index is 13.2. The number of benzene rings is 1. The number of carbonyl (C=O) groups excluding carboxylic acids is 1. The van der Waals surface area contributed by atoms with Gasteiger partial charge in [0.25, 0.3) is 0 Å². The molecule has 0 spiro atoms. The Morgan fingerprint density at radius 2 is 1.91 bits per heavy atom. The minimum Gasteiger partial charge on any atom is -0.367 e. The van der Waals surface area contributed by atoms with Gasteiger partial charge in [-0.15, -0.1) is 0 Å². The quantitative estimate of drug-likeness (QED) is 0.853. The largest absolute Gasteiger partial charge is 0.418 e. The fourth-order valence-electron chi connectivity index (χ4n) is 2.60. The van der Waals surface area contributed by atoms with Crippen LogP contribution >= 0.6 is 15.9 Å². The highest BCUT2D eigenvalue weighted by atomic mass is 79.9. The summed E-state index contributed by atoms with van der Waals surface area (Å²) in [5.41, 5.74) is -0.482. The van der Waals surface area contributed by atoms with E-state index in [0.29, 0.717) is 43.6 Å². The average molecular weight is 394 g/mol. The second-order valence-electron chi connectivity index (χ2n) is 5.38. The Kier molecular flexibility index (Phi) is 5.91. The number of halogens is 4. The monoisotopic (exact) mass is 393 g/mol. The van der Waals surface area contributed by atoms with Crippen LogP contribution in [0.1, 0.15) is 12.0 Å². The lowest BCUT2D eigenvalue weighted by molar-refractivity contribution is -0.137. The van der Waals surface area contributed by atoms with Gasteiger partial charge in [0.15, 0.2) is 0 Å². The molecule has 8 heteroatoms. The van der Waals surface area contributed by atoms with E-state index in [2.05, 4.69) is 21.2 Å². The molecule has 23 heavy (non-hydrogen) atoms. The summed E-state index contributed by atoms with van der Waals surface area (Å²) in [5.74, 6) is 0.0332. The molecule has 128 valence electrons. The van der Waals surface area contributed by atoms with E-state index in [-0.39, 0.29) is 11.6 Å². The number of hydrogen-bond donors (Lipinski definition) is 1. The van der Waals surface area contributed by atoms with Crippen LogP contribution in [0.2, 0.25) is 0 Å². The Bertz CT molecular complexity index is 557. The lowest BCUT2D eigenvalue weighted by Gasteiger charge is -2.37. The van der Waals surface area contributed by atoms with Crippen LogP contribution < -0.4 is 10.2 Å². The Balaban J connectivity index is 2.07. The molecule has 4 nitrogen and oxygen atoms in total. The molecular formula is C15H19BrF3N3O. The van der Waals surface area contributed by atoms with Gasteiger partial charge in [-0.1, -0.05) is 15.9 Å². The van der Waals surface area contributed by atoms with E-state index >= 15 is 0 Å². The second-order valence-corrected chi connectivity index (χ2v) is 6.30. The molecule has 1 N–H and O–H groups in total. The molecule has 0 aromatic heterocycles. The molecule has 0 radical (unpaired) electrons. The summed E-state index contributed by atoms with van der Waals surface area (Å²) in [6.45, 7) is 2.28. The first-order valence-corrected chi connectivity index (χ1v) is 8.16. The van der Waals surface area contributed by atoms with Crippen molar-refractivity contribution in [3.05, 3.63) is 28.2 Å². The molecule has 0 unspecified atom stereocenters. The number of nitrogens with one attached hydrogen (secondary N) is 1. The molecule has 0 bridgehead atoms. The molecular weight excluding hydrogens is 375 g/mol. The summed E-state index contributed by atoms with van der Waals surface area (Å²) in [5, 5.41) is 2.91. The van der Waals surface area contributed by atoms with Crippen LogP contribution in [-0.2, 0) is 11.0 Å². The van der Waals surface area contributed by atoms with Crippen molar-refractivity contribution < 1.29 is 18.0 Å². The van der Waals surface area contributed by atoms with Crippen LogP contribution in [-0.4, -0.2) is 50.6 Å². The first-order chi connectivity index (χ1) is 10.8. The van der Waals surface area contributed by atoms with Crippen molar-refractivity contribution in [3.63, 3.8) is 0 Å². The van der Waals surface area contributed by atoms with Crippen LogP contribution in [0.4, 0.5) is 18.9 Å². The molecule has 1 fully saturated rings. The number of amides is 1. The molecule has 1 aromatic carbocycles. The molecule has 1 heterocycles. The maximum atomic E-state index is 13.2. The first kappa shape index (κ1) is 18.1. The summed E-state index contributed by atoms with van der Waals surface area (Å²) in [7, 11) is 1.78. The van der Waals surface area contributed by atoms with Crippen LogP contribution in [0, 0.1) is 0 Å². The van der Waals surface area contributed by atoms with E-state index in [1.807, 2.05) is 0 Å². The van der Waals surface area contributed by atoms with E-state index in [0.717, 1.165) is 6.07 Å². The molecule has 0 aliphatic carbocycles. The lowest BCUT2D eigenvalue weighted by atomic mass is 10.1. The average Bonchev–Trinajstić information content (AvgIpc) is 2.52. The van der Waals surface area contributed by atoms with E-state index in [4.69, 9.17) is 0 Å². The fraction of sp³-hybridized carbons (Fsp3) is 0.533. The smallest absolute Gasteiger partial charge is 0.367 e. The zero-order valence-electron chi connectivity index (χ0n) is 12.8. The van der Waals surface area contributed by atoms with Gasteiger partial charge in [0.05, 0.1) is 5.56 Å². The van der Waals surface area contributed by atoms with Gasteiger partial charge >= 0.3 is 6.18 Å². The van der Waals surface area contributed by atoms with Crippen molar-refractivity contribution >= 4 is 27.5 Å². The molecule has 0 atom stereocenters. The standard InChI is InChI=1S/C15H19BrF3N3O/c1-20-5-4-14(23)22-8-6-21(7-9-22)13-3-2-11(16)10-12(13)15(17,18)19/h2-3,10,20H,4-9H2,1H3. The van der Waals surface area contributed by atoms with Gasteiger partial charge in [-0.3, -0.25) is 4.79 Å². The minimum atomic E-state index is -4.40. The normalized spacial score (nSPS) is 15.9. The predicted octanol–water partition coefficient (Wildman–Crippen LogP) is 2.73. The van der Waals surface area contributed by atoms with Gasteiger partial charge in [0.2, 0.25) is 5.91 Å². The summed E-state index contributed by atoms with van der Waals surface area (Å²) >= 11 is 3.09. The fourth-order valence-corrected chi connectivity index (χ4v) is 2.96. The van der Waals surface area contributed by atoms with Gasteiger partial charge in [-0.05, 0) is 25.2 Å². The summed E-state index contributed by atoms with van der Waals surface area (Å²) in [6, 6.07) is 4.18. The Morgan fingerprint density at radius 3 is 2.48 bits per heavy atom. The molecule has 1 aromatic rings. The number of nitrogens with zero attached hydrogens (tertiary/aromatic N) is 2. The Hall–Kier alpha value is -1.28. The number of hydrogen-bond acceptors (Lipinski definition) is 3. The summed E-state index contributed by atoms with van der Waals surface area (Å²) in [4.78, 5) is 15.4. The highest BCUT2D eigenvalue weighted by molar-refractivity contribution is 9.10. The van der Waals surface area contributed by atoms with E-state index in [1.165, 1.54) is 6.07 Å². The zero-order valence-corrected chi connectivity index (χ0v) is 14.4. The van der Waals surface area contributed by atoms with E-state index in [9.17, 15) is 18.0 Å². The first-order valence-electron chi connectivity index (χ1n) is 7.37. The lowest BCUT2D eigenvalue weighted by Crippen LogP contribution is -2.49. The number of anilines is 1. The predicted molar refractivity (Wildman–Crippen MR) is 86.5 cm³/mol. The highest BCUT2D eigenvalue weighted by Gasteiger charge is 2.36. The third-order valence-corrected chi connectivity index (χ3v) is 4.32. The Labute approximate surface area is 141 Å². The molecule has 1 aliphatic rings. The van der Waals surface area contributed by atoms with Crippen molar-refractivity contribution in [2.45, 2.75) is 12.6 Å². The van der Waals surface area contributed by atoms with Crippen molar-refractivity contribution in [2.24, 2.45) is 0 Å². The van der Waals surface area contributed by atoms with Gasteiger partial charge in [0, 0.05) is 49.3 Å². The van der Waals surface area contributed by atoms with Crippen LogP contribution in [0.3, 0.4) is 0 Å². The van der Waals surface area contributed by atoms with E-state index < -0.39 is 11.7 Å². The van der Waals surface area contributed by atoms with Gasteiger partial charge in [-0.2, -0.15) is 13.2 Å². The van der Waals surface area contributed by atoms with Crippen molar-refractivity contribution in [1.29, 1.82) is 0 Å². The Morgan fingerprint density at radius 1 is 1.26 bits per heavy atom. The van der Waals surface area contributed by atoms with Crippen molar-refractivity contribution in [1.82, 2.24) is 10.2 Å². The molecule has 0 saturated carbocycles. The maximum Gasteiger partial charge on any atom is 0.418 e. The van der Waals surface area contributed by atoms with Gasteiger partial charge in [-0.25, -0.2) is 0 Å². The topological polar surface area (TPSA) is 35.6 Å². The highest BCUT2D eigenvalue weighted by Crippen LogP contribution is 2.38. The van der Waals surface area contributed by atoms with Crippen LogP contribution in [0.5, 0.6) is 0 Å². The van der Waals surface area contributed by atoms with Crippen molar-refractivity contribution in [2.75, 3.05) is 44.7 Å². The molecule has 1 saturated heterocycles. The number of alkyl halides is 3. The third kappa shape index (κ3) is 4.60.